The molecule has 7 nitrogen and oxygen atoms in total. The quantitative estimate of drug-likeness (QED) is 0.781. The predicted molar refractivity (Wildman–Crippen MR) is 107 cm³/mol. The SMILES string of the molecule is [C-]#[N+]C1(NC(=O)OCc2ccccc2)CCN(C(=O)OCc2ccccc2)CC1. The third-order valence-electron chi connectivity index (χ3n) is 4.82. The van der Waals surface area contributed by atoms with E-state index in [2.05, 4.69) is 10.2 Å². The molecule has 150 valence electrons. The van der Waals surface area contributed by atoms with Gasteiger partial charge in [-0.25, -0.2) is 21.5 Å². The molecular formula is C22H23N3O4. The number of hydrogen-bond donors (Lipinski definition) is 1. The van der Waals surface area contributed by atoms with Crippen LogP contribution in [0.1, 0.15) is 24.0 Å². The molecule has 0 bridgehead atoms. The summed E-state index contributed by atoms with van der Waals surface area (Å²) in [5.74, 6) is 0. The molecule has 3 rings (SSSR count). The van der Waals surface area contributed by atoms with Gasteiger partial charge < -0.3 is 14.4 Å². The molecule has 1 heterocycles. The van der Waals surface area contributed by atoms with Crippen LogP contribution in [-0.2, 0) is 22.7 Å². The first-order valence-corrected chi connectivity index (χ1v) is 9.43. The molecule has 0 aromatic heterocycles. The lowest BCUT2D eigenvalue weighted by atomic mass is 9.98. The Labute approximate surface area is 170 Å². The number of hydrogen-bond acceptors (Lipinski definition) is 4. The number of nitrogens with one attached hydrogen (secondary N) is 1. The summed E-state index contributed by atoms with van der Waals surface area (Å²) >= 11 is 0. The monoisotopic (exact) mass is 393 g/mol. The van der Waals surface area contributed by atoms with E-state index in [1.807, 2.05) is 60.7 Å². The summed E-state index contributed by atoms with van der Waals surface area (Å²) in [5.41, 5.74) is 0.718. The highest BCUT2D eigenvalue weighted by molar-refractivity contribution is 5.69. The average molecular weight is 393 g/mol. The van der Waals surface area contributed by atoms with E-state index in [1.165, 1.54) is 0 Å². The van der Waals surface area contributed by atoms with Gasteiger partial charge in [0.1, 0.15) is 13.2 Å². The summed E-state index contributed by atoms with van der Waals surface area (Å²) in [5, 5.41) is 2.68. The molecule has 1 aliphatic rings. The molecule has 1 N–H and O–H groups in total. The van der Waals surface area contributed by atoms with Crippen molar-refractivity contribution in [1.82, 2.24) is 10.2 Å². The Morgan fingerprint density at radius 3 is 1.97 bits per heavy atom. The molecule has 0 unspecified atom stereocenters. The third kappa shape index (κ3) is 5.72. The van der Waals surface area contributed by atoms with Gasteiger partial charge in [0, 0.05) is 13.1 Å². The second kappa shape index (κ2) is 9.60. The number of benzene rings is 2. The summed E-state index contributed by atoms with van der Waals surface area (Å²) in [6.07, 6.45) is -0.418. The van der Waals surface area contributed by atoms with Crippen LogP contribution in [0.3, 0.4) is 0 Å². The van der Waals surface area contributed by atoms with Gasteiger partial charge in [0.25, 0.3) is 0 Å². The van der Waals surface area contributed by atoms with Crippen LogP contribution in [0.5, 0.6) is 0 Å². The molecule has 2 aromatic carbocycles. The lowest BCUT2D eigenvalue weighted by Crippen LogP contribution is -2.54. The molecule has 0 atom stereocenters. The van der Waals surface area contributed by atoms with Gasteiger partial charge in [-0.15, -0.1) is 0 Å². The first-order chi connectivity index (χ1) is 14.1. The molecule has 2 amide bonds. The maximum absolute atomic E-state index is 12.3. The second-order valence-electron chi connectivity index (χ2n) is 6.86. The molecule has 0 radical (unpaired) electrons. The fraction of sp³-hybridized carbons (Fsp3) is 0.318. The van der Waals surface area contributed by atoms with Crippen LogP contribution < -0.4 is 5.32 Å². The maximum atomic E-state index is 12.3. The van der Waals surface area contributed by atoms with E-state index in [0.29, 0.717) is 25.9 Å². The Balaban J connectivity index is 1.45. The van der Waals surface area contributed by atoms with Crippen LogP contribution in [0, 0.1) is 6.57 Å². The smallest absolute Gasteiger partial charge is 0.413 e. The maximum Gasteiger partial charge on any atom is 0.413 e. The summed E-state index contributed by atoms with van der Waals surface area (Å²) in [6, 6.07) is 18.8. The van der Waals surface area contributed by atoms with Crippen LogP contribution in [0.4, 0.5) is 9.59 Å². The molecule has 7 heteroatoms. The zero-order valence-electron chi connectivity index (χ0n) is 16.0. The standard InChI is InChI=1S/C22H23N3O4/c1-23-22(24-20(26)28-16-18-8-4-2-5-9-18)12-14-25(15-13-22)21(27)29-17-19-10-6-3-7-11-19/h2-11H,12-17H2,(H,24,26). The molecule has 0 saturated carbocycles. The summed E-state index contributed by atoms with van der Waals surface area (Å²) in [6.45, 7) is 8.52. The number of piperidine rings is 1. The Hall–Kier alpha value is -3.53. The molecule has 29 heavy (non-hydrogen) atoms. The summed E-state index contributed by atoms with van der Waals surface area (Å²) in [4.78, 5) is 29.6. The van der Waals surface area contributed by atoms with E-state index in [9.17, 15) is 9.59 Å². The molecular weight excluding hydrogens is 370 g/mol. The van der Waals surface area contributed by atoms with Crippen molar-refractivity contribution in [1.29, 1.82) is 0 Å². The van der Waals surface area contributed by atoms with Crippen LogP contribution in [-0.4, -0.2) is 35.8 Å². The highest BCUT2D eigenvalue weighted by Gasteiger charge is 2.43. The molecule has 2 aromatic rings. The Morgan fingerprint density at radius 2 is 1.45 bits per heavy atom. The van der Waals surface area contributed by atoms with Gasteiger partial charge in [-0.2, -0.15) is 0 Å². The number of ether oxygens (including phenoxy) is 2. The predicted octanol–water partition coefficient (Wildman–Crippen LogP) is 3.96. The van der Waals surface area contributed by atoms with E-state index in [0.717, 1.165) is 11.1 Å². The van der Waals surface area contributed by atoms with Crippen molar-refractivity contribution in [3.63, 3.8) is 0 Å². The summed E-state index contributed by atoms with van der Waals surface area (Å²) < 4.78 is 10.6. The van der Waals surface area contributed by atoms with Gasteiger partial charge in [-0.05, 0) is 11.1 Å². The molecule has 1 aliphatic heterocycles. The number of rotatable bonds is 5. The Kier molecular flexibility index (Phi) is 6.69. The Morgan fingerprint density at radius 1 is 0.931 bits per heavy atom. The number of likely N-dealkylation sites (tertiary alicyclic amines) is 1. The van der Waals surface area contributed by atoms with Crippen LogP contribution in [0.15, 0.2) is 60.7 Å². The fourth-order valence-corrected chi connectivity index (χ4v) is 3.08. The number of carbonyl (C=O) groups is 2. The topological polar surface area (TPSA) is 72.2 Å². The van der Waals surface area contributed by atoms with Crippen LogP contribution >= 0.6 is 0 Å². The minimum absolute atomic E-state index is 0.138. The number of alkyl carbamates (subject to hydrolysis) is 1. The fourth-order valence-electron chi connectivity index (χ4n) is 3.08. The number of carbonyl (C=O) groups excluding carboxylic acids is 2. The van der Waals surface area contributed by atoms with Gasteiger partial charge in [-0.3, -0.25) is 4.85 Å². The molecule has 0 spiro atoms. The van der Waals surface area contributed by atoms with Crippen molar-refractivity contribution in [2.75, 3.05) is 13.1 Å². The largest absolute Gasteiger partial charge is 0.445 e. The lowest BCUT2D eigenvalue weighted by molar-refractivity contribution is 0.0756. The minimum atomic E-state index is -1.07. The normalized spacial score (nSPS) is 15.1. The van der Waals surface area contributed by atoms with Crippen molar-refractivity contribution in [3.8, 4) is 0 Å². The van der Waals surface area contributed by atoms with E-state index in [4.69, 9.17) is 16.0 Å². The van der Waals surface area contributed by atoms with Crippen molar-refractivity contribution in [2.24, 2.45) is 0 Å². The number of nitrogens with zero attached hydrogens (tertiary/aromatic N) is 2. The van der Waals surface area contributed by atoms with E-state index in [1.54, 1.807) is 4.90 Å². The van der Waals surface area contributed by atoms with Crippen molar-refractivity contribution >= 4 is 12.2 Å². The van der Waals surface area contributed by atoms with Crippen LogP contribution in [0.2, 0.25) is 0 Å². The van der Waals surface area contributed by atoms with E-state index < -0.39 is 17.8 Å². The zero-order valence-corrected chi connectivity index (χ0v) is 16.0. The minimum Gasteiger partial charge on any atom is -0.445 e. The van der Waals surface area contributed by atoms with Crippen molar-refractivity contribution in [3.05, 3.63) is 83.2 Å². The van der Waals surface area contributed by atoms with Gasteiger partial charge in [-0.1, -0.05) is 60.7 Å². The van der Waals surface area contributed by atoms with Gasteiger partial charge in [0.2, 0.25) is 0 Å². The van der Waals surface area contributed by atoms with Crippen LogP contribution in [0.25, 0.3) is 4.85 Å². The lowest BCUT2D eigenvalue weighted by Gasteiger charge is -2.33. The molecule has 1 fully saturated rings. The highest BCUT2D eigenvalue weighted by Crippen LogP contribution is 2.25. The zero-order chi connectivity index (χ0) is 20.5. The van der Waals surface area contributed by atoms with Crippen molar-refractivity contribution < 1.29 is 19.1 Å². The Bertz CT molecular complexity index is 857. The molecule has 0 aliphatic carbocycles. The summed E-state index contributed by atoms with van der Waals surface area (Å²) in [7, 11) is 0. The van der Waals surface area contributed by atoms with Crippen molar-refractivity contribution in [2.45, 2.75) is 31.7 Å². The van der Waals surface area contributed by atoms with E-state index >= 15 is 0 Å². The average Bonchev–Trinajstić information content (AvgIpc) is 2.78. The van der Waals surface area contributed by atoms with Gasteiger partial charge in [0.05, 0.1) is 12.8 Å². The molecule has 1 saturated heterocycles. The second-order valence-corrected chi connectivity index (χ2v) is 6.86. The third-order valence-corrected chi connectivity index (χ3v) is 4.82. The first-order valence-electron chi connectivity index (χ1n) is 9.43. The van der Waals surface area contributed by atoms with E-state index in [-0.39, 0.29) is 13.2 Å². The highest BCUT2D eigenvalue weighted by atomic mass is 16.6. The number of amides is 2. The van der Waals surface area contributed by atoms with Gasteiger partial charge in [0.15, 0.2) is 0 Å². The van der Waals surface area contributed by atoms with Gasteiger partial charge >= 0.3 is 17.8 Å². The first kappa shape index (κ1) is 20.2.